The van der Waals surface area contributed by atoms with Gasteiger partial charge in [0.05, 0.1) is 5.69 Å². The summed E-state index contributed by atoms with van der Waals surface area (Å²) in [6.45, 7) is 6.28. The molecule has 2 saturated carbocycles. The number of carbonyl (C=O) groups excluding carboxylic acids is 2. The standard InChI is InChI=1S/C22H29N5O3/c1-22(2,3)30-21(29)26(16-11-12-16)14-13-23-20(28)18-24-19(15-9-10-15)27(25-18)17-7-5-4-6-8-17/h4-8,15-16H,9-14H2,1-3H3,(H,23,28). The van der Waals surface area contributed by atoms with Gasteiger partial charge in [-0.05, 0) is 58.6 Å². The minimum atomic E-state index is -0.541. The summed E-state index contributed by atoms with van der Waals surface area (Å²) in [5.41, 5.74) is 0.358. The molecule has 0 saturated heterocycles. The minimum absolute atomic E-state index is 0.163. The molecular formula is C22H29N5O3. The van der Waals surface area contributed by atoms with Crippen LogP contribution in [0.4, 0.5) is 4.79 Å². The van der Waals surface area contributed by atoms with E-state index < -0.39 is 5.60 Å². The number of carbonyl (C=O) groups is 2. The Morgan fingerprint density at radius 3 is 2.47 bits per heavy atom. The number of para-hydroxylation sites is 1. The van der Waals surface area contributed by atoms with Gasteiger partial charge < -0.3 is 15.0 Å². The van der Waals surface area contributed by atoms with E-state index in [2.05, 4.69) is 15.4 Å². The molecule has 1 aromatic heterocycles. The maximum atomic E-state index is 12.7. The topological polar surface area (TPSA) is 89.4 Å². The van der Waals surface area contributed by atoms with Crippen LogP contribution in [0.2, 0.25) is 0 Å². The summed E-state index contributed by atoms with van der Waals surface area (Å²) in [7, 11) is 0. The number of rotatable bonds is 7. The Bertz CT molecular complexity index is 911. The number of nitrogens with one attached hydrogen (secondary N) is 1. The van der Waals surface area contributed by atoms with Crippen molar-refractivity contribution in [2.45, 2.75) is 64.0 Å². The highest BCUT2D eigenvalue weighted by Crippen LogP contribution is 2.39. The Labute approximate surface area is 176 Å². The fourth-order valence-electron chi connectivity index (χ4n) is 3.28. The monoisotopic (exact) mass is 411 g/mol. The average molecular weight is 412 g/mol. The maximum absolute atomic E-state index is 12.7. The Morgan fingerprint density at radius 2 is 1.87 bits per heavy atom. The van der Waals surface area contributed by atoms with Crippen LogP contribution in [0.25, 0.3) is 5.69 Å². The van der Waals surface area contributed by atoms with Crippen molar-refractivity contribution in [3.05, 3.63) is 42.0 Å². The summed E-state index contributed by atoms with van der Waals surface area (Å²) in [5.74, 6) is 1.03. The zero-order chi connectivity index (χ0) is 21.3. The first kappa shape index (κ1) is 20.4. The third kappa shape index (κ3) is 4.98. The molecule has 160 valence electrons. The van der Waals surface area contributed by atoms with E-state index >= 15 is 0 Å². The van der Waals surface area contributed by atoms with Gasteiger partial charge >= 0.3 is 6.09 Å². The van der Waals surface area contributed by atoms with Gasteiger partial charge in [-0.2, -0.15) is 0 Å². The smallest absolute Gasteiger partial charge is 0.410 e. The van der Waals surface area contributed by atoms with Crippen molar-refractivity contribution in [1.82, 2.24) is 25.0 Å². The van der Waals surface area contributed by atoms with E-state index in [1.165, 1.54) is 0 Å². The van der Waals surface area contributed by atoms with E-state index in [1.54, 1.807) is 9.58 Å². The van der Waals surface area contributed by atoms with Gasteiger partial charge in [-0.1, -0.05) is 18.2 Å². The molecule has 2 aromatic rings. The van der Waals surface area contributed by atoms with Gasteiger partial charge in [0.15, 0.2) is 0 Å². The second-order valence-corrected chi connectivity index (χ2v) is 8.98. The highest BCUT2D eigenvalue weighted by atomic mass is 16.6. The van der Waals surface area contributed by atoms with Crippen molar-refractivity contribution in [1.29, 1.82) is 0 Å². The van der Waals surface area contributed by atoms with Gasteiger partial charge in [0.25, 0.3) is 5.91 Å². The SMILES string of the molecule is CC(C)(C)OC(=O)N(CCNC(=O)c1nc(C2CC2)n(-c2ccccc2)n1)C1CC1. The van der Waals surface area contributed by atoms with E-state index in [0.717, 1.165) is 37.2 Å². The van der Waals surface area contributed by atoms with Gasteiger partial charge in [0.2, 0.25) is 5.82 Å². The van der Waals surface area contributed by atoms with Crippen molar-refractivity contribution in [3.63, 3.8) is 0 Å². The molecule has 0 bridgehead atoms. The van der Waals surface area contributed by atoms with E-state index in [4.69, 9.17) is 4.74 Å². The first-order chi connectivity index (χ1) is 14.3. The number of amides is 2. The molecule has 1 N–H and O–H groups in total. The summed E-state index contributed by atoms with van der Waals surface area (Å²) in [5, 5.41) is 7.31. The molecule has 2 aliphatic carbocycles. The molecule has 8 nitrogen and oxygen atoms in total. The third-order valence-electron chi connectivity index (χ3n) is 5.03. The van der Waals surface area contributed by atoms with Crippen LogP contribution >= 0.6 is 0 Å². The molecule has 1 heterocycles. The van der Waals surface area contributed by atoms with Gasteiger partial charge in [-0.25, -0.2) is 14.5 Å². The number of hydrogen-bond donors (Lipinski definition) is 1. The van der Waals surface area contributed by atoms with Gasteiger partial charge in [-0.3, -0.25) is 4.79 Å². The van der Waals surface area contributed by atoms with E-state index in [-0.39, 0.29) is 23.9 Å². The van der Waals surface area contributed by atoms with Gasteiger partial charge in [-0.15, -0.1) is 5.10 Å². The quantitative estimate of drug-likeness (QED) is 0.755. The summed E-state index contributed by atoms with van der Waals surface area (Å²) in [4.78, 5) is 31.3. The first-order valence-electron chi connectivity index (χ1n) is 10.6. The summed E-state index contributed by atoms with van der Waals surface area (Å²) < 4.78 is 7.26. The van der Waals surface area contributed by atoms with Crippen LogP contribution in [0.1, 0.15) is 68.8 Å². The van der Waals surface area contributed by atoms with Crippen LogP contribution in [0.3, 0.4) is 0 Å². The Morgan fingerprint density at radius 1 is 1.17 bits per heavy atom. The molecule has 2 fully saturated rings. The zero-order valence-electron chi connectivity index (χ0n) is 17.8. The molecule has 8 heteroatoms. The Balaban J connectivity index is 1.39. The molecule has 0 unspecified atom stereocenters. The van der Waals surface area contributed by atoms with Crippen LogP contribution < -0.4 is 5.32 Å². The van der Waals surface area contributed by atoms with Crippen LogP contribution in [0.15, 0.2) is 30.3 Å². The van der Waals surface area contributed by atoms with Crippen molar-refractivity contribution < 1.29 is 14.3 Å². The van der Waals surface area contributed by atoms with Crippen LogP contribution in [-0.2, 0) is 4.74 Å². The Kier molecular flexibility index (Phi) is 5.49. The van der Waals surface area contributed by atoms with Crippen molar-refractivity contribution in [3.8, 4) is 5.69 Å². The zero-order valence-corrected chi connectivity index (χ0v) is 17.8. The second-order valence-electron chi connectivity index (χ2n) is 8.98. The van der Waals surface area contributed by atoms with Crippen LogP contribution in [0, 0.1) is 0 Å². The lowest BCUT2D eigenvalue weighted by Crippen LogP contribution is -2.42. The molecule has 4 rings (SSSR count). The third-order valence-corrected chi connectivity index (χ3v) is 5.03. The molecule has 0 spiro atoms. The van der Waals surface area contributed by atoms with Crippen molar-refractivity contribution >= 4 is 12.0 Å². The number of ether oxygens (including phenoxy) is 1. The largest absolute Gasteiger partial charge is 0.444 e. The predicted molar refractivity (Wildman–Crippen MR) is 112 cm³/mol. The number of benzene rings is 1. The van der Waals surface area contributed by atoms with Gasteiger partial charge in [0, 0.05) is 25.0 Å². The summed E-state index contributed by atoms with van der Waals surface area (Å²) in [6.07, 6.45) is 3.75. The molecule has 1 aromatic carbocycles. The van der Waals surface area contributed by atoms with Crippen molar-refractivity contribution in [2.24, 2.45) is 0 Å². The second kappa shape index (κ2) is 8.08. The lowest BCUT2D eigenvalue weighted by atomic mass is 10.2. The molecule has 30 heavy (non-hydrogen) atoms. The summed E-state index contributed by atoms with van der Waals surface area (Å²) in [6, 6.07) is 9.94. The normalized spacial score (nSPS) is 16.2. The maximum Gasteiger partial charge on any atom is 0.410 e. The van der Waals surface area contributed by atoms with E-state index in [0.29, 0.717) is 19.0 Å². The number of nitrogens with zero attached hydrogens (tertiary/aromatic N) is 4. The molecule has 0 aliphatic heterocycles. The van der Waals surface area contributed by atoms with Gasteiger partial charge in [0.1, 0.15) is 11.4 Å². The lowest BCUT2D eigenvalue weighted by Gasteiger charge is -2.27. The van der Waals surface area contributed by atoms with Crippen LogP contribution in [-0.4, -0.2) is 56.4 Å². The molecule has 0 radical (unpaired) electrons. The van der Waals surface area contributed by atoms with E-state index in [9.17, 15) is 9.59 Å². The van der Waals surface area contributed by atoms with E-state index in [1.807, 2.05) is 51.1 Å². The average Bonchev–Trinajstić information content (AvgIpc) is 3.62. The predicted octanol–water partition coefficient (Wildman–Crippen LogP) is 3.27. The first-order valence-corrected chi connectivity index (χ1v) is 10.6. The highest BCUT2D eigenvalue weighted by molar-refractivity contribution is 5.90. The Hall–Kier alpha value is -2.90. The number of hydrogen-bond acceptors (Lipinski definition) is 5. The molecule has 0 atom stereocenters. The lowest BCUT2D eigenvalue weighted by molar-refractivity contribution is 0.0234. The fraction of sp³-hybridized carbons (Fsp3) is 0.545. The molecule has 2 aliphatic rings. The molecule has 2 amide bonds. The van der Waals surface area contributed by atoms with Crippen molar-refractivity contribution in [2.75, 3.05) is 13.1 Å². The molecular weight excluding hydrogens is 382 g/mol. The highest BCUT2D eigenvalue weighted by Gasteiger charge is 2.35. The summed E-state index contributed by atoms with van der Waals surface area (Å²) >= 11 is 0. The fourth-order valence-corrected chi connectivity index (χ4v) is 3.28. The number of aromatic nitrogens is 3. The van der Waals surface area contributed by atoms with Crippen LogP contribution in [0.5, 0.6) is 0 Å². The minimum Gasteiger partial charge on any atom is -0.444 e.